The first-order chi connectivity index (χ1) is 14.9. The molecule has 1 aromatic carbocycles. The number of H-pyrrole nitrogens is 1. The second-order valence-electron chi connectivity index (χ2n) is 7.58. The summed E-state index contributed by atoms with van der Waals surface area (Å²) in [5.74, 6) is -1.11. The maximum Gasteiger partial charge on any atom is 0.354 e. The van der Waals surface area contributed by atoms with Gasteiger partial charge in [-0.1, -0.05) is 26.7 Å². The van der Waals surface area contributed by atoms with Gasteiger partial charge in [0.15, 0.2) is 5.78 Å². The Labute approximate surface area is 194 Å². The van der Waals surface area contributed by atoms with Gasteiger partial charge in [-0.15, -0.1) is 12.4 Å². The molecular weight excluding hydrogens is 436 g/mol. The Bertz CT molecular complexity index is 911. The Morgan fingerprint density at radius 2 is 1.75 bits per heavy atom. The zero-order chi connectivity index (χ0) is 22.8. The zero-order valence-electron chi connectivity index (χ0n) is 18.9. The van der Waals surface area contributed by atoms with Crippen LogP contribution in [0.5, 0.6) is 5.75 Å². The molecule has 0 fully saturated rings. The predicted octanol–water partition coefficient (Wildman–Crippen LogP) is 4.15. The van der Waals surface area contributed by atoms with Crippen molar-refractivity contribution in [1.29, 1.82) is 0 Å². The van der Waals surface area contributed by atoms with Crippen molar-refractivity contribution in [3.8, 4) is 5.75 Å². The number of aromatic nitrogens is 1. The number of aromatic hydroxyl groups is 1. The quantitative estimate of drug-likeness (QED) is 0.229. The average molecular weight is 469 g/mol. The number of hydrogen-bond donors (Lipinski definition) is 3. The highest BCUT2D eigenvalue weighted by Gasteiger charge is 2.19. The van der Waals surface area contributed by atoms with Crippen LogP contribution in [0.2, 0.25) is 0 Å². The van der Waals surface area contributed by atoms with Gasteiger partial charge in [0.1, 0.15) is 11.4 Å². The summed E-state index contributed by atoms with van der Waals surface area (Å²) in [6, 6.07) is 4.21. The highest BCUT2D eigenvalue weighted by molar-refractivity contribution is 6.11. The molecule has 178 valence electrons. The van der Waals surface area contributed by atoms with Crippen molar-refractivity contribution in [1.82, 2.24) is 10.3 Å². The lowest BCUT2D eigenvalue weighted by Crippen LogP contribution is -2.33. The molecule has 2 rings (SSSR count). The van der Waals surface area contributed by atoms with Gasteiger partial charge in [-0.2, -0.15) is 0 Å². The van der Waals surface area contributed by atoms with E-state index in [2.05, 4.69) is 10.3 Å². The number of ether oxygens (including phenoxy) is 2. The number of halogens is 1. The summed E-state index contributed by atoms with van der Waals surface area (Å²) in [5, 5.41) is 13.6. The molecule has 3 N–H and O–H groups in total. The van der Waals surface area contributed by atoms with E-state index in [1.165, 1.54) is 18.2 Å². The number of Topliss-reactive ketones (excluding diaryl/α,β-unsaturated/α-hetero) is 1. The standard InChI is InChI=1S/C23H32N2O6.ClH/c1-4-6-10-30-21(28)12-15(3)24-14-20(27)16-8-9-19(26)22-17(16)13-18(25-22)23(29)31-11-7-5-2;/h8-9,13,15,24-26H,4-7,10-12,14H2,1-3H3;1H. The third-order valence-corrected chi connectivity index (χ3v) is 4.87. The van der Waals surface area contributed by atoms with Gasteiger partial charge in [-0.25, -0.2) is 4.79 Å². The summed E-state index contributed by atoms with van der Waals surface area (Å²) in [4.78, 5) is 39.6. The molecule has 8 nitrogen and oxygen atoms in total. The lowest BCUT2D eigenvalue weighted by Gasteiger charge is -2.13. The normalized spacial score (nSPS) is 11.6. The predicted molar refractivity (Wildman–Crippen MR) is 125 cm³/mol. The molecule has 32 heavy (non-hydrogen) atoms. The van der Waals surface area contributed by atoms with Gasteiger partial charge in [0.25, 0.3) is 0 Å². The van der Waals surface area contributed by atoms with E-state index in [0.29, 0.717) is 29.7 Å². The number of ketones is 1. The van der Waals surface area contributed by atoms with Crippen molar-refractivity contribution in [3.63, 3.8) is 0 Å². The summed E-state index contributed by atoms with van der Waals surface area (Å²) in [7, 11) is 0. The van der Waals surface area contributed by atoms with Crippen LogP contribution in [0.25, 0.3) is 10.9 Å². The smallest absolute Gasteiger partial charge is 0.354 e. The Hall–Kier alpha value is -2.58. The fraction of sp³-hybridized carbons (Fsp3) is 0.522. The molecule has 1 heterocycles. The molecule has 0 saturated heterocycles. The fourth-order valence-electron chi connectivity index (χ4n) is 3.02. The van der Waals surface area contributed by atoms with E-state index < -0.39 is 5.97 Å². The first kappa shape index (κ1) is 27.5. The molecule has 0 amide bonds. The molecular formula is C23H33ClN2O6. The van der Waals surface area contributed by atoms with Gasteiger partial charge in [0.05, 0.1) is 31.7 Å². The highest BCUT2D eigenvalue weighted by atomic mass is 35.5. The minimum atomic E-state index is -0.532. The van der Waals surface area contributed by atoms with Crippen LogP contribution in [-0.4, -0.2) is 53.6 Å². The van der Waals surface area contributed by atoms with Crippen molar-refractivity contribution in [2.45, 2.75) is 58.9 Å². The van der Waals surface area contributed by atoms with E-state index in [4.69, 9.17) is 9.47 Å². The van der Waals surface area contributed by atoms with Crippen molar-refractivity contribution < 1.29 is 29.0 Å². The molecule has 0 radical (unpaired) electrons. The molecule has 0 saturated carbocycles. The van der Waals surface area contributed by atoms with Crippen molar-refractivity contribution in [3.05, 3.63) is 29.5 Å². The number of carbonyl (C=O) groups excluding carboxylic acids is 3. The van der Waals surface area contributed by atoms with Crippen LogP contribution in [0.1, 0.15) is 73.7 Å². The zero-order valence-corrected chi connectivity index (χ0v) is 19.7. The van der Waals surface area contributed by atoms with Gasteiger partial charge in [0.2, 0.25) is 0 Å². The average Bonchev–Trinajstić information content (AvgIpc) is 3.19. The Morgan fingerprint density at radius 1 is 1.09 bits per heavy atom. The number of benzene rings is 1. The number of carbonyl (C=O) groups is 3. The number of fused-ring (bicyclic) bond motifs is 1. The van der Waals surface area contributed by atoms with Gasteiger partial charge in [-0.05, 0) is 38.0 Å². The monoisotopic (exact) mass is 468 g/mol. The molecule has 1 aromatic heterocycles. The molecule has 1 atom stereocenters. The number of nitrogens with one attached hydrogen (secondary N) is 2. The van der Waals surface area contributed by atoms with E-state index in [0.717, 1.165) is 25.7 Å². The Morgan fingerprint density at radius 3 is 2.41 bits per heavy atom. The van der Waals surface area contributed by atoms with Crippen LogP contribution < -0.4 is 5.32 Å². The molecule has 9 heteroatoms. The number of hydrogen-bond acceptors (Lipinski definition) is 7. The van der Waals surface area contributed by atoms with Gasteiger partial charge in [0, 0.05) is 17.0 Å². The molecule has 1 unspecified atom stereocenters. The fourth-order valence-corrected chi connectivity index (χ4v) is 3.02. The lowest BCUT2D eigenvalue weighted by molar-refractivity contribution is -0.144. The highest BCUT2D eigenvalue weighted by Crippen LogP contribution is 2.28. The molecule has 0 aliphatic carbocycles. The van der Waals surface area contributed by atoms with Gasteiger partial charge < -0.3 is 24.9 Å². The summed E-state index contributed by atoms with van der Waals surface area (Å²) in [5.41, 5.74) is 0.848. The topological polar surface area (TPSA) is 118 Å². The molecule has 2 aromatic rings. The number of rotatable bonds is 13. The largest absolute Gasteiger partial charge is 0.506 e. The van der Waals surface area contributed by atoms with Gasteiger partial charge in [-0.3, -0.25) is 9.59 Å². The summed E-state index contributed by atoms with van der Waals surface area (Å²) in [6.07, 6.45) is 3.61. The minimum Gasteiger partial charge on any atom is -0.506 e. The first-order valence-corrected chi connectivity index (χ1v) is 10.8. The number of phenolic OH excluding ortho intramolecular Hbond substituents is 1. The maximum absolute atomic E-state index is 12.8. The summed E-state index contributed by atoms with van der Waals surface area (Å²) >= 11 is 0. The van der Waals surface area contributed by atoms with Crippen LogP contribution in [0.3, 0.4) is 0 Å². The number of aromatic amines is 1. The van der Waals surface area contributed by atoms with Crippen LogP contribution in [0.4, 0.5) is 0 Å². The van der Waals surface area contributed by atoms with Crippen LogP contribution in [-0.2, 0) is 14.3 Å². The van der Waals surface area contributed by atoms with Crippen LogP contribution in [0, 0.1) is 0 Å². The maximum atomic E-state index is 12.8. The number of esters is 2. The Kier molecular flexibility index (Phi) is 11.8. The summed E-state index contributed by atoms with van der Waals surface area (Å²) < 4.78 is 10.3. The second kappa shape index (κ2) is 13.8. The lowest BCUT2D eigenvalue weighted by atomic mass is 10.0. The van der Waals surface area contributed by atoms with E-state index >= 15 is 0 Å². The van der Waals surface area contributed by atoms with Gasteiger partial charge >= 0.3 is 11.9 Å². The van der Waals surface area contributed by atoms with E-state index in [9.17, 15) is 19.5 Å². The van der Waals surface area contributed by atoms with E-state index in [1.807, 2.05) is 20.8 Å². The molecule has 0 aliphatic rings. The summed E-state index contributed by atoms with van der Waals surface area (Å²) in [6.45, 7) is 6.55. The number of phenols is 1. The van der Waals surface area contributed by atoms with Crippen molar-refractivity contribution in [2.75, 3.05) is 19.8 Å². The SMILES string of the molecule is CCCCOC(=O)CC(C)NCC(=O)c1ccc(O)c2[nH]c(C(=O)OCCCC)cc12.Cl. The van der Waals surface area contributed by atoms with Crippen molar-refractivity contribution >= 4 is 41.0 Å². The molecule has 0 aliphatic heterocycles. The third-order valence-electron chi connectivity index (χ3n) is 4.87. The second-order valence-corrected chi connectivity index (χ2v) is 7.58. The van der Waals surface area contributed by atoms with Crippen LogP contribution >= 0.6 is 12.4 Å². The molecule has 0 spiro atoms. The number of unbranched alkanes of at least 4 members (excludes halogenated alkanes) is 2. The van der Waals surface area contributed by atoms with E-state index in [1.54, 1.807) is 0 Å². The van der Waals surface area contributed by atoms with Crippen molar-refractivity contribution in [2.24, 2.45) is 0 Å². The van der Waals surface area contributed by atoms with Crippen LogP contribution in [0.15, 0.2) is 18.2 Å². The Balaban J connectivity index is 0.00000512. The first-order valence-electron chi connectivity index (χ1n) is 10.8. The molecule has 0 bridgehead atoms. The third kappa shape index (κ3) is 7.84. The minimum absolute atomic E-state index is 0. The van der Waals surface area contributed by atoms with E-state index in [-0.39, 0.29) is 54.6 Å².